The van der Waals surface area contributed by atoms with E-state index in [1.165, 1.54) is 28.3 Å². The molecule has 0 saturated heterocycles. The van der Waals surface area contributed by atoms with Gasteiger partial charge in [0.15, 0.2) is 23.0 Å². The third kappa shape index (κ3) is 4.03. The van der Waals surface area contributed by atoms with E-state index >= 15 is 0 Å². The van der Waals surface area contributed by atoms with Gasteiger partial charge < -0.3 is 23.7 Å². The monoisotopic (exact) mass is 398 g/mol. The number of benzene rings is 2. The second-order valence-electron chi connectivity index (χ2n) is 6.50. The maximum Gasteiger partial charge on any atom is 0.232 e. The number of Topliss-reactive ketones (excluding diaryl/α,β-unsaturated/α-hetero) is 2. The second-order valence-corrected chi connectivity index (χ2v) is 6.50. The lowest BCUT2D eigenvalue weighted by Gasteiger charge is -2.13. The van der Waals surface area contributed by atoms with Crippen LogP contribution in [-0.4, -0.2) is 39.5 Å². The Hall–Kier alpha value is -3.48. The largest absolute Gasteiger partial charge is 0.493 e. The quantitative estimate of drug-likeness (QED) is 0.659. The van der Waals surface area contributed by atoms with Crippen molar-refractivity contribution in [3.05, 3.63) is 46.7 Å². The summed E-state index contributed by atoms with van der Waals surface area (Å²) in [4.78, 5) is 24.0. The van der Waals surface area contributed by atoms with Gasteiger partial charge in [-0.3, -0.25) is 9.59 Å². The summed E-state index contributed by atoms with van der Waals surface area (Å²) in [6, 6.07) is 6.77. The highest BCUT2D eigenvalue weighted by Crippen LogP contribution is 2.41. The lowest BCUT2D eigenvalue weighted by atomic mass is 10.0. The smallest absolute Gasteiger partial charge is 0.232 e. The van der Waals surface area contributed by atoms with E-state index in [1.807, 2.05) is 0 Å². The molecule has 0 amide bonds. The van der Waals surface area contributed by atoms with Crippen molar-refractivity contribution in [2.45, 2.75) is 13.8 Å². The fourth-order valence-corrected chi connectivity index (χ4v) is 3.08. The van der Waals surface area contributed by atoms with E-state index in [0.29, 0.717) is 45.4 Å². The molecular weight excluding hydrogens is 376 g/mol. The summed E-state index contributed by atoms with van der Waals surface area (Å²) in [5, 5.41) is 0. The van der Waals surface area contributed by atoms with Gasteiger partial charge in [0, 0.05) is 6.07 Å². The van der Waals surface area contributed by atoms with E-state index in [4.69, 9.17) is 23.7 Å². The number of carbonyl (C=O) groups excluding carboxylic acids is 2. The molecule has 0 N–H and O–H groups in total. The van der Waals surface area contributed by atoms with Crippen molar-refractivity contribution < 1.29 is 33.3 Å². The molecule has 2 aromatic carbocycles. The number of ether oxygens (including phenoxy) is 5. The van der Waals surface area contributed by atoms with Gasteiger partial charge in [-0.15, -0.1) is 0 Å². The van der Waals surface area contributed by atoms with Gasteiger partial charge in [-0.25, -0.2) is 0 Å². The standard InChI is InChI=1S/C22H22O7/c1-12-6-15(28-11-13(2)23)10-16-20(12)21(24)17(29-16)7-14-8-18(25-3)22(27-5)19(9-14)26-4/h6-10H,11H2,1-5H3/b17-7-. The molecule has 0 radical (unpaired) electrons. The van der Waals surface area contributed by atoms with Crippen LogP contribution in [0.4, 0.5) is 0 Å². The third-order valence-corrected chi connectivity index (χ3v) is 4.37. The topological polar surface area (TPSA) is 80.3 Å². The fraction of sp³-hybridized carbons (Fsp3) is 0.273. The van der Waals surface area contributed by atoms with Crippen LogP contribution < -0.4 is 23.7 Å². The highest BCUT2D eigenvalue weighted by atomic mass is 16.5. The molecule has 0 unspecified atom stereocenters. The lowest BCUT2D eigenvalue weighted by molar-refractivity contribution is -0.118. The minimum Gasteiger partial charge on any atom is -0.493 e. The highest BCUT2D eigenvalue weighted by Gasteiger charge is 2.30. The highest BCUT2D eigenvalue weighted by molar-refractivity contribution is 6.15. The fourth-order valence-electron chi connectivity index (χ4n) is 3.08. The first kappa shape index (κ1) is 20.3. The van der Waals surface area contributed by atoms with Crippen LogP contribution in [0.1, 0.15) is 28.4 Å². The normalized spacial score (nSPS) is 13.7. The molecular formula is C22H22O7. The van der Waals surface area contributed by atoms with Crippen LogP contribution in [0.5, 0.6) is 28.7 Å². The molecule has 152 valence electrons. The van der Waals surface area contributed by atoms with Crippen LogP contribution in [-0.2, 0) is 4.79 Å². The minimum atomic E-state index is -0.232. The minimum absolute atomic E-state index is 0.0414. The Balaban J connectivity index is 1.96. The summed E-state index contributed by atoms with van der Waals surface area (Å²) in [6.07, 6.45) is 1.61. The summed E-state index contributed by atoms with van der Waals surface area (Å²) in [5.74, 6) is 2.11. The zero-order valence-electron chi connectivity index (χ0n) is 17.0. The molecule has 0 bridgehead atoms. The van der Waals surface area contributed by atoms with Crippen LogP contribution in [0.25, 0.3) is 6.08 Å². The van der Waals surface area contributed by atoms with Crippen molar-refractivity contribution in [1.29, 1.82) is 0 Å². The van der Waals surface area contributed by atoms with Gasteiger partial charge >= 0.3 is 0 Å². The van der Waals surface area contributed by atoms with Crippen LogP contribution in [0.3, 0.4) is 0 Å². The van der Waals surface area contributed by atoms with E-state index in [2.05, 4.69) is 0 Å². The molecule has 1 aliphatic rings. The number of ketones is 2. The number of rotatable bonds is 7. The summed E-state index contributed by atoms with van der Waals surface area (Å²) in [7, 11) is 4.56. The van der Waals surface area contributed by atoms with Gasteiger partial charge in [0.2, 0.25) is 11.5 Å². The van der Waals surface area contributed by atoms with Crippen molar-refractivity contribution in [1.82, 2.24) is 0 Å². The Morgan fingerprint density at radius 3 is 2.24 bits per heavy atom. The third-order valence-electron chi connectivity index (χ3n) is 4.37. The van der Waals surface area contributed by atoms with Gasteiger partial charge in [-0.05, 0) is 49.2 Å². The number of carbonyl (C=O) groups is 2. The number of aryl methyl sites for hydroxylation is 1. The number of fused-ring (bicyclic) bond motifs is 1. The van der Waals surface area contributed by atoms with Gasteiger partial charge in [-0.1, -0.05) is 0 Å². The van der Waals surface area contributed by atoms with Crippen molar-refractivity contribution in [2.75, 3.05) is 27.9 Å². The molecule has 0 aromatic heterocycles. The number of hydrogen-bond acceptors (Lipinski definition) is 7. The van der Waals surface area contributed by atoms with E-state index in [0.717, 1.165) is 0 Å². The van der Waals surface area contributed by atoms with Crippen molar-refractivity contribution in [2.24, 2.45) is 0 Å². The molecule has 1 aliphatic heterocycles. The van der Waals surface area contributed by atoms with E-state index in [9.17, 15) is 9.59 Å². The predicted octanol–water partition coefficient (Wildman–Crippen LogP) is 3.60. The van der Waals surface area contributed by atoms with Crippen LogP contribution >= 0.6 is 0 Å². The Bertz CT molecular complexity index is 979. The summed E-state index contributed by atoms with van der Waals surface area (Å²) in [5.41, 5.74) is 1.83. The Morgan fingerprint density at radius 1 is 1.03 bits per heavy atom. The van der Waals surface area contributed by atoms with Crippen LogP contribution in [0.15, 0.2) is 30.0 Å². The zero-order valence-corrected chi connectivity index (χ0v) is 17.0. The molecule has 0 atom stereocenters. The maximum absolute atomic E-state index is 12.9. The van der Waals surface area contributed by atoms with E-state index < -0.39 is 0 Å². The molecule has 0 fully saturated rings. The first-order valence-corrected chi connectivity index (χ1v) is 8.89. The van der Waals surface area contributed by atoms with E-state index in [1.54, 1.807) is 37.3 Å². The average Bonchev–Trinajstić information content (AvgIpc) is 3.01. The van der Waals surface area contributed by atoms with Gasteiger partial charge in [0.1, 0.15) is 18.1 Å². The predicted molar refractivity (Wildman–Crippen MR) is 106 cm³/mol. The molecule has 7 heteroatoms. The van der Waals surface area contributed by atoms with Gasteiger partial charge in [0.05, 0.1) is 26.9 Å². The first-order chi connectivity index (χ1) is 13.9. The van der Waals surface area contributed by atoms with E-state index in [-0.39, 0.29) is 23.9 Å². The van der Waals surface area contributed by atoms with Gasteiger partial charge in [-0.2, -0.15) is 0 Å². The SMILES string of the molecule is COc1cc(/C=C2\Oc3cc(OCC(C)=O)cc(C)c3C2=O)cc(OC)c1OC. The Kier molecular flexibility index (Phi) is 5.77. The van der Waals surface area contributed by atoms with Crippen molar-refractivity contribution in [3.8, 4) is 28.7 Å². The molecule has 2 aromatic rings. The molecule has 3 rings (SSSR count). The van der Waals surface area contributed by atoms with Crippen LogP contribution in [0, 0.1) is 6.92 Å². The number of allylic oxidation sites excluding steroid dienone is 1. The molecule has 1 heterocycles. The Morgan fingerprint density at radius 2 is 1.69 bits per heavy atom. The van der Waals surface area contributed by atoms with Crippen molar-refractivity contribution >= 4 is 17.6 Å². The maximum atomic E-state index is 12.9. The molecule has 0 aliphatic carbocycles. The lowest BCUT2D eigenvalue weighted by Crippen LogP contribution is -2.06. The first-order valence-electron chi connectivity index (χ1n) is 8.89. The number of methoxy groups -OCH3 is 3. The second kappa shape index (κ2) is 8.26. The summed E-state index contributed by atoms with van der Waals surface area (Å²) in [6.45, 7) is 3.20. The molecule has 7 nitrogen and oxygen atoms in total. The summed E-state index contributed by atoms with van der Waals surface area (Å²) >= 11 is 0. The van der Waals surface area contributed by atoms with Gasteiger partial charge in [0.25, 0.3) is 0 Å². The summed E-state index contributed by atoms with van der Waals surface area (Å²) < 4.78 is 27.2. The van der Waals surface area contributed by atoms with Crippen LogP contribution in [0.2, 0.25) is 0 Å². The van der Waals surface area contributed by atoms with Crippen molar-refractivity contribution in [3.63, 3.8) is 0 Å². The molecule has 29 heavy (non-hydrogen) atoms. The zero-order chi connectivity index (χ0) is 21.1. The molecule has 0 spiro atoms. The average molecular weight is 398 g/mol. The Labute approximate surface area is 168 Å². The molecule has 0 saturated carbocycles. The number of hydrogen-bond donors (Lipinski definition) is 0.